The summed E-state index contributed by atoms with van der Waals surface area (Å²) in [5, 5.41) is 5.69. The molecule has 33 heavy (non-hydrogen) atoms. The van der Waals surface area contributed by atoms with Crippen molar-refractivity contribution in [2.24, 2.45) is 0 Å². The third-order valence-electron chi connectivity index (χ3n) is 5.99. The number of nitrogens with one attached hydrogen (secondary N) is 2. The van der Waals surface area contributed by atoms with Gasteiger partial charge in [0.1, 0.15) is 5.75 Å². The predicted octanol–water partition coefficient (Wildman–Crippen LogP) is 5.93. The molecule has 3 aromatic rings. The average molecular weight is 443 g/mol. The van der Waals surface area contributed by atoms with E-state index in [0.29, 0.717) is 29.5 Å². The van der Waals surface area contributed by atoms with Gasteiger partial charge in [-0.05, 0) is 66.3 Å². The zero-order valence-electron chi connectivity index (χ0n) is 18.8. The highest BCUT2D eigenvalue weighted by Crippen LogP contribution is 2.33. The SMILES string of the molecule is O=C(COc1ccc(C2CCCCC2)cc1)Nc1ccc(NC(=O)Cc2ccccc2)cc1. The Morgan fingerprint density at radius 1 is 0.727 bits per heavy atom. The van der Waals surface area contributed by atoms with Crippen molar-refractivity contribution in [1.29, 1.82) is 0 Å². The summed E-state index contributed by atoms with van der Waals surface area (Å²) in [4.78, 5) is 24.4. The molecule has 0 heterocycles. The number of hydrogen-bond donors (Lipinski definition) is 2. The molecule has 1 fully saturated rings. The molecule has 1 aliphatic carbocycles. The van der Waals surface area contributed by atoms with Gasteiger partial charge in [-0.15, -0.1) is 0 Å². The standard InChI is InChI=1S/C28H30N2O3/c31-27(19-21-7-3-1-4-8-21)29-24-13-15-25(16-14-24)30-28(32)20-33-26-17-11-23(12-18-26)22-9-5-2-6-10-22/h1,3-4,7-8,11-18,22H,2,5-6,9-10,19-20H2,(H,29,31)(H,30,32). The molecule has 0 spiro atoms. The van der Waals surface area contributed by atoms with Gasteiger partial charge in [0.05, 0.1) is 6.42 Å². The molecule has 170 valence electrons. The molecule has 0 saturated heterocycles. The summed E-state index contributed by atoms with van der Waals surface area (Å²) in [6.07, 6.45) is 6.81. The van der Waals surface area contributed by atoms with Crippen LogP contribution < -0.4 is 15.4 Å². The zero-order valence-corrected chi connectivity index (χ0v) is 18.8. The van der Waals surface area contributed by atoms with E-state index in [2.05, 4.69) is 22.8 Å². The molecule has 0 radical (unpaired) electrons. The molecule has 5 nitrogen and oxygen atoms in total. The Hall–Kier alpha value is -3.60. The number of ether oxygens (including phenoxy) is 1. The van der Waals surface area contributed by atoms with Crippen molar-refractivity contribution in [3.63, 3.8) is 0 Å². The van der Waals surface area contributed by atoms with Gasteiger partial charge >= 0.3 is 0 Å². The van der Waals surface area contributed by atoms with Crippen molar-refractivity contribution in [2.75, 3.05) is 17.2 Å². The molecular formula is C28H30N2O3. The minimum atomic E-state index is -0.229. The van der Waals surface area contributed by atoms with Crippen LogP contribution in [-0.2, 0) is 16.0 Å². The summed E-state index contributed by atoms with van der Waals surface area (Å²) in [7, 11) is 0. The van der Waals surface area contributed by atoms with Crippen LogP contribution in [0.3, 0.4) is 0 Å². The fraction of sp³-hybridized carbons (Fsp3) is 0.286. The van der Waals surface area contributed by atoms with Crippen molar-refractivity contribution in [3.05, 3.63) is 90.0 Å². The van der Waals surface area contributed by atoms with Crippen LogP contribution in [0.15, 0.2) is 78.9 Å². The monoisotopic (exact) mass is 442 g/mol. The first kappa shape index (κ1) is 22.6. The van der Waals surface area contributed by atoms with Crippen LogP contribution in [-0.4, -0.2) is 18.4 Å². The van der Waals surface area contributed by atoms with Crippen LogP contribution in [0.25, 0.3) is 0 Å². The molecule has 2 amide bonds. The molecule has 0 unspecified atom stereocenters. The second-order valence-electron chi connectivity index (χ2n) is 8.53. The highest BCUT2D eigenvalue weighted by molar-refractivity contribution is 5.94. The van der Waals surface area contributed by atoms with Gasteiger partial charge in [-0.25, -0.2) is 0 Å². The molecule has 0 aromatic heterocycles. The summed E-state index contributed by atoms with van der Waals surface area (Å²) in [6, 6.07) is 24.8. The zero-order chi connectivity index (χ0) is 22.9. The highest BCUT2D eigenvalue weighted by atomic mass is 16.5. The smallest absolute Gasteiger partial charge is 0.262 e. The maximum atomic E-state index is 12.3. The van der Waals surface area contributed by atoms with Gasteiger partial charge in [0.15, 0.2) is 6.61 Å². The van der Waals surface area contributed by atoms with Crippen molar-refractivity contribution < 1.29 is 14.3 Å². The number of carbonyl (C=O) groups excluding carboxylic acids is 2. The molecule has 5 heteroatoms. The highest BCUT2D eigenvalue weighted by Gasteiger charge is 2.15. The van der Waals surface area contributed by atoms with Crippen LogP contribution in [0.4, 0.5) is 11.4 Å². The van der Waals surface area contributed by atoms with E-state index >= 15 is 0 Å². The molecule has 4 rings (SSSR count). The van der Waals surface area contributed by atoms with E-state index in [-0.39, 0.29) is 18.4 Å². The minimum Gasteiger partial charge on any atom is -0.484 e. The molecule has 3 aromatic carbocycles. The Morgan fingerprint density at radius 3 is 1.97 bits per heavy atom. The first-order valence-corrected chi connectivity index (χ1v) is 11.6. The fourth-order valence-electron chi connectivity index (χ4n) is 4.24. The summed E-state index contributed by atoms with van der Waals surface area (Å²) in [5.74, 6) is 1.04. The Balaban J connectivity index is 1.21. The van der Waals surface area contributed by atoms with E-state index < -0.39 is 0 Å². The number of hydrogen-bond acceptors (Lipinski definition) is 3. The van der Waals surface area contributed by atoms with Gasteiger partial charge in [0, 0.05) is 11.4 Å². The normalized spacial score (nSPS) is 13.8. The van der Waals surface area contributed by atoms with Gasteiger partial charge < -0.3 is 15.4 Å². The molecule has 1 saturated carbocycles. The van der Waals surface area contributed by atoms with Crippen LogP contribution in [0.2, 0.25) is 0 Å². The van der Waals surface area contributed by atoms with Crippen molar-refractivity contribution in [3.8, 4) is 5.75 Å². The first-order chi connectivity index (χ1) is 16.2. The fourth-order valence-corrected chi connectivity index (χ4v) is 4.24. The van der Waals surface area contributed by atoms with Gasteiger partial charge in [0.25, 0.3) is 5.91 Å². The van der Waals surface area contributed by atoms with Crippen molar-refractivity contribution in [1.82, 2.24) is 0 Å². The first-order valence-electron chi connectivity index (χ1n) is 11.6. The summed E-state index contributed by atoms with van der Waals surface area (Å²) in [6.45, 7) is -0.0572. The van der Waals surface area contributed by atoms with E-state index in [1.165, 1.54) is 37.7 Å². The lowest BCUT2D eigenvalue weighted by molar-refractivity contribution is -0.118. The van der Waals surface area contributed by atoms with E-state index in [0.717, 1.165) is 5.56 Å². The average Bonchev–Trinajstić information content (AvgIpc) is 2.85. The largest absolute Gasteiger partial charge is 0.484 e. The maximum absolute atomic E-state index is 12.3. The van der Waals surface area contributed by atoms with E-state index in [4.69, 9.17) is 4.74 Å². The Labute approximate surface area is 195 Å². The van der Waals surface area contributed by atoms with E-state index in [9.17, 15) is 9.59 Å². The Bertz CT molecular complexity index is 1040. The van der Waals surface area contributed by atoms with Crippen LogP contribution >= 0.6 is 0 Å². The lowest BCUT2D eigenvalue weighted by atomic mass is 9.84. The molecule has 0 atom stereocenters. The Morgan fingerprint density at radius 2 is 1.33 bits per heavy atom. The summed E-state index contributed by atoms with van der Waals surface area (Å²) >= 11 is 0. The Kier molecular flexibility index (Phi) is 7.75. The van der Waals surface area contributed by atoms with E-state index in [1.54, 1.807) is 24.3 Å². The molecule has 0 bridgehead atoms. The lowest BCUT2D eigenvalue weighted by Crippen LogP contribution is -2.20. The topological polar surface area (TPSA) is 67.4 Å². The third kappa shape index (κ3) is 6.94. The number of anilines is 2. The molecule has 1 aliphatic rings. The second-order valence-corrected chi connectivity index (χ2v) is 8.53. The van der Waals surface area contributed by atoms with Crippen LogP contribution in [0, 0.1) is 0 Å². The number of rotatable bonds is 8. The molecule has 2 N–H and O–H groups in total. The second kappa shape index (κ2) is 11.3. The number of amides is 2. The molecule has 0 aliphatic heterocycles. The third-order valence-corrected chi connectivity index (χ3v) is 5.99. The predicted molar refractivity (Wildman–Crippen MR) is 132 cm³/mol. The van der Waals surface area contributed by atoms with E-state index in [1.807, 2.05) is 42.5 Å². The van der Waals surface area contributed by atoms with Crippen molar-refractivity contribution >= 4 is 23.2 Å². The quantitative estimate of drug-likeness (QED) is 0.454. The van der Waals surface area contributed by atoms with Crippen LogP contribution in [0.5, 0.6) is 5.75 Å². The molecular weight excluding hydrogens is 412 g/mol. The van der Waals surface area contributed by atoms with Gasteiger partial charge in [-0.2, -0.15) is 0 Å². The van der Waals surface area contributed by atoms with Gasteiger partial charge in [0.2, 0.25) is 5.91 Å². The lowest BCUT2D eigenvalue weighted by Gasteiger charge is -2.22. The summed E-state index contributed by atoms with van der Waals surface area (Å²) in [5.41, 5.74) is 3.66. The van der Waals surface area contributed by atoms with Crippen molar-refractivity contribution in [2.45, 2.75) is 44.4 Å². The van der Waals surface area contributed by atoms with Crippen LogP contribution in [0.1, 0.15) is 49.1 Å². The van der Waals surface area contributed by atoms with Gasteiger partial charge in [-0.1, -0.05) is 61.7 Å². The number of carbonyl (C=O) groups is 2. The van der Waals surface area contributed by atoms with Gasteiger partial charge in [-0.3, -0.25) is 9.59 Å². The maximum Gasteiger partial charge on any atom is 0.262 e. The summed E-state index contributed by atoms with van der Waals surface area (Å²) < 4.78 is 5.65. The minimum absolute atomic E-state index is 0.0572. The number of benzene rings is 3.